The Morgan fingerprint density at radius 3 is 2.33 bits per heavy atom. The minimum Gasteiger partial charge on any atom is -0.493 e. The number of anilines is 2. The number of halogens is 2. The summed E-state index contributed by atoms with van der Waals surface area (Å²) < 4.78 is 46.8. The van der Waals surface area contributed by atoms with E-state index >= 15 is 4.39 Å². The maximum Gasteiger partial charge on any atom is 0.266 e. The summed E-state index contributed by atoms with van der Waals surface area (Å²) >= 11 is 0. The molecule has 0 aliphatic rings. The lowest BCUT2D eigenvalue weighted by Gasteiger charge is -2.15. The van der Waals surface area contributed by atoms with E-state index in [9.17, 15) is 9.18 Å². The van der Waals surface area contributed by atoms with E-state index in [1.165, 1.54) is 61.5 Å². The summed E-state index contributed by atoms with van der Waals surface area (Å²) in [6.07, 6.45) is 2.87. The normalized spacial score (nSPS) is 11.1. The highest BCUT2D eigenvalue weighted by Gasteiger charge is 2.17. The average molecular weight is 568 g/mol. The van der Waals surface area contributed by atoms with Gasteiger partial charge in [0.25, 0.3) is 5.56 Å². The molecule has 1 N–H and O–H groups in total. The second kappa shape index (κ2) is 10.8. The molecule has 0 amide bonds. The highest BCUT2D eigenvalue weighted by atomic mass is 19.1. The first-order valence-electron chi connectivity index (χ1n) is 12.7. The summed E-state index contributed by atoms with van der Waals surface area (Å²) in [7, 11) is 3.02. The Balaban J connectivity index is 1.34. The number of fused-ring (bicyclic) bond motifs is 2. The van der Waals surface area contributed by atoms with Crippen LogP contribution >= 0.6 is 0 Å². The Hall–Kier alpha value is -5.58. The van der Waals surface area contributed by atoms with Gasteiger partial charge in [-0.2, -0.15) is 0 Å². The minimum absolute atomic E-state index is 0.0736. The van der Waals surface area contributed by atoms with Gasteiger partial charge in [-0.3, -0.25) is 9.36 Å². The highest BCUT2D eigenvalue weighted by molar-refractivity contribution is 5.93. The number of hydrogen-bond donors (Lipinski definition) is 1. The van der Waals surface area contributed by atoms with Crippen molar-refractivity contribution in [3.05, 3.63) is 107 Å². The lowest BCUT2D eigenvalue weighted by molar-refractivity contribution is 0.355. The van der Waals surface area contributed by atoms with Gasteiger partial charge in [0.15, 0.2) is 23.1 Å². The molecule has 0 aliphatic heterocycles. The van der Waals surface area contributed by atoms with Gasteiger partial charge in [0.05, 0.1) is 30.5 Å². The number of ether oxygens (including phenoxy) is 3. The van der Waals surface area contributed by atoms with Crippen molar-refractivity contribution in [2.24, 2.45) is 0 Å². The number of nitrogens with zero attached hydrogens (tertiary/aromatic N) is 4. The zero-order valence-electron chi connectivity index (χ0n) is 22.7. The first kappa shape index (κ1) is 26.6. The average Bonchev–Trinajstić information content (AvgIpc) is 2.98. The van der Waals surface area contributed by atoms with E-state index in [0.717, 1.165) is 0 Å². The van der Waals surface area contributed by atoms with Crippen LogP contribution in [0.3, 0.4) is 0 Å². The molecule has 0 fully saturated rings. The molecule has 11 heteroatoms. The Morgan fingerprint density at radius 2 is 1.60 bits per heavy atom. The van der Waals surface area contributed by atoms with Crippen molar-refractivity contribution < 1.29 is 23.0 Å². The number of methoxy groups -OCH3 is 2. The van der Waals surface area contributed by atoms with Crippen LogP contribution in [0.1, 0.15) is 5.69 Å². The predicted molar refractivity (Wildman–Crippen MR) is 154 cm³/mol. The second-order valence-electron chi connectivity index (χ2n) is 9.30. The predicted octanol–water partition coefficient (Wildman–Crippen LogP) is 6.47. The van der Waals surface area contributed by atoms with Crippen molar-refractivity contribution in [3.8, 4) is 28.8 Å². The van der Waals surface area contributed by atoms with Gasteiger partial charge in [-0.05, 0) is 66.9 Å². The van der Waals surface area contributed by atoms with E-state index in [2.05, 4.69) is 20.3 Å². The van der Waals surface area contributed by atoms with Gasteiger partial charge in [0.2, 0.25) is 5.88 Å². The van der Waals surface area contributed by atoms with Crippen LogP contribution in [0.2, 0.25) is 0 Å². The molecule has 3 aromatic carbocycles. The molecule has 0 atom stereocenters. The monoisotopic (exact) mass is 567 g/mol. The van der Waals surface area contributed by atoms with Gasteiger partial charge >= 0.3 is 0 Å². The highest BCUT2D eigenvalue weighted by Crippen LogP contribution is 2.36. The maximum absolute atomic E-state index is 15.3. The number of hydrogen-bond acceptors (Lipinski definition) is 8. The lowest BCUT2D eigenvalue weighted by atomic mass is 10.1. The van der Waals surface area contributed by atoms with E-state index in [-0.39, 0.29) is 23.0 Å². The summed E-state index contributed by atoms with van der Waals surface area (Å²) in [5.74, 6) is 0.148. The van der Waals surface area contributed by atoms with E-state index in [1.54, 1.807) is 37.4 Å². The molecule has 9 nitrogen and oxygen atoms in total. The molecular formula is C31H23F2N5O4. The van der Waals surface area contributed by atoms with Crippen LogP contribution in [0.15, 0.2) is 84.0 Å². The lowest BCUT2D eigenvalue weighted by Crippen LogP contribution is -2.21. The summed E-state index contributed by atoms with van der Waals surface area (Å²) in [5.41, 5.74) is 1.69. The van der Waals surface area contributed by atoms with Crippen molar-refractivity contribution in [3.63, 3.8) is 0 Å². The van der Waals surface area contributed by atoms with Crippen molar-refractivity contribution in [2.75, 3.05) is 19.5 Å². The van der Waals surface area contributed by atoms with Gasteiger partial charge < -0.3 is 19.5 Å². The molecule has 0 radical (unpaired) electrons. The summed E-state index contributed by atoms with van der Waals surface area (Å²) in [6.45, 7) is 1.79. The molecule has 0 spiro atoms. The molecule has 0 saturated carbocycles. The molecule has 3 heterocycles. The van der Waals surface area contributed by atoms with Gasteiger partial charge in [0.1, 0.15) is 18.0 Å². The third kappa shape index (κ3) is 4.81. The zero-order chi connectivity index (χ0) is 29.4. The van der Waals surface area contributed by atoms with E-state index in [4.69, 9.17) is 14.2 Å². The smallest absolute Gasteiger partial charge is 0.266 e. The molecule has 210 valence electrons. The number of rotatable bonds is 7. The fourth-order valence-corrected chi connectivity index (χ4v) is 4.73. The van der Waals surface area contributed by atoms with Gasteiger partial charge in [-0.15, -0.1) is 0 Å². The van der Waals surface area contributed by atoms with Crippen LogP contribution in [0.4, 0.5) is 20.3 Å². The summed E-state index contributed by atoms with van der Waals surface area (Å²) in [4.78, 5) is 26.4. The number of benzene rings is 3. The van der Waals surface area contributed by atoms with Crippen LogP contribution < -0.4 is 25.1 Å². The molecule has 6 rings (SSSR count). The van der Waals surface area contributed by atoms with Crippen LogP contribution in [0.5, 0.6) is 23.1 Å². The number of pyridine rings is 2. The van der Waals surface area contributed by atoms with Crippen LogP contribution in [-0.2, 0) is 0 Å². The first-order chi connectivity index (χ1) is 20.4. The zero-order valence-corrected chi connectivity index (χ0v) is 22.7. The van der Waals surface area contributed by atoms with Crippen molar-refractivity contribution in [1.29, 1.82) is 0 Å². The number of nitrogens with one attached hydrogen (secondary N) is 1. The molecule has 42 heavy (non-hydrogen) atoms. The van der Waals surface area contributed by atoms with Crippen LogP contribution in [0.25, 0.3) is 27.4 Å². The Bertz CT molecular complexity index is 2030. The molecule has 0 unspecified atom stereocenters. The third-order valence-electron chi connectivity index (χ3n) is 6.71. The SMILES string of the molecule is COc1cc2ncnc(Oc3ccc(Nc4nccc5cc(C)n(-c6ccc(F)cc6)c(=O)c45)cc3F)c2cc1OC. The quantitative estimate of drug-likeness (QED) is 0.234. The minimum atomic E-state index is -0.674. The second-order valence-corrected chi connectivity index (χ2v) is 9.30. The molecular weight excluding hydrogens is 544 g/mol. The fraction of sp³-hybridized carbons (Fsp3) is 0.0968. The Labute approximate surface area is 238 Å². The standard InChI is InChI=1S/C31H23F2N5O4/c1-17-12-18-10-11-34-29(28(18)31(39)38(17)21-7-4-19(32)5-8-21)37-20-6-9-25(23(33)13-20)42-30-22-14-26(40-2)27(41-3)15-24(22)35-16-36-30/h4-16H,1-3H3,(H,34,37). The number of aromatic nitrogens is 4. The van der Waals surface area contributed by atoms with Crippen LogP contribution in [0, 0.1) is 18.6 Å². The molecule has 0 aliphatic carbocycles. The molecule has 0 bridgehead atoms. The maximum atomic E-state index is 15.3. The van der Waals surface area contributed by atoms with E-state index < -0.39 is 11.6 Å². The number of aryl methyl sites for hydroxylation is 1. The summed E-state index contributed by atoms with van der Waals surface area (Å²) in [6, 6.07) is 16.8. The Morgan fingerprint density at radius 1 is 0.833 bits per heavy atom. The topological polar surface area (TPSA) is 100 Å². The fourth-order valence-electron chi connectivity index (χ4n) is 4.73. The summed E-state index contributed by atoms with van der Waals surface area (Å²) in [5, 5.41) is 4.50. The van der Waals surface area contributed by atoms with Crippen LogP contribution in [-0.4, -0.2) is 33.7 Å². The van der Waals surface area contributed by atoms with Gasteiger partial charge in [-0.1, -0.05) is 0 Å². The Kier molecular flexibility index (Phi) is 6.83. The van der Waals surface area contributed by atoms with E-state index in [1.807, 2.05) is 6.07 Å². The van der Waals surface area contributed by atoms with Crippen molar-refractivity contribution >= 4 is 33.2 Å². The van der Waals surface area contributed by atoms with Crippen molar-refractivity contribution in [2.45, 2.75) is 6.92 Å². The first-order valence-corrected chi connectivity index (χ1v) is 12.7. The molecule has 0 saturated heterocycles. The van der Waals surface area contributed by atoms with Gasteiger partial charge in [-0.25, -0.2) is 23.7 Å². The molecule has 3 aromatic heterocycles. The van der Waals surface area contributed by atoms with Gasteiger partial charge in [0, 0.05) is 35.4 Å². The van der Waals surface area contributed by atoms with Crippen molar-refractivity contribution in [1.82, 2.24) is 19.5 Å². The molecule has 6 aromatic rings. The third-order valence-corrected chi connectivity index (χ3v) is 6.71. The largest absolute Gasteiger partial charge is 0.493 e. The van der Waals surface area contributed by atoms with E-state index in [0.29, 0.717) is 50.2 Å².